The van der Waals surface area contributed by atoms with Gasteiger partial charge in [-0.1, -0.05) is 72.8 Å². The molecule has 0 aliphatic heterocycles. The lowest BCUT2D eigenvalue weighted by atomic mass is 10.2. The summed E-state index contributed by atoms with van der Waals surface area (Å²) in [5.41, 5.74) is 3.90. The number of para-hydroxylation sites is 2. The average Bonchev–Trinajstić information content (AvgIpc) is 3.02. The number of fused-ring (bicyclic) bond motifs is 1. The normalized spacial score (nSPS) is 13.0. The highest BCUT2D eigenvalue weighted by Crippen LogP contribution is 2.24. The number of rotatable bonds is 5. The van der Waals surface area contributed by atoms with Gasteiger partial charge in [-0.15, -0.1) is 0 Å². The minimum absolute atomic E-state index is 0.456. The molecule has 5 heteroatoms. The molecule has 0 amide bonds. The Morgan fingerprint density at radius 3 is 2.30 bits per heavy atom. The van der Waals surface area contributed by atoms with Crippen LogP contribution < -0.4 is 0 Å². The second-order valence-corrected chi connectivity index (χ2v) is 7.96. The molecule has 0 radical (unpaired) electrons. The van der Waals surface area contributed by atoms with E-state index in [0.29, 0.717) is 10.5 Å². The third kappa shape index (κ3) is 3.84. The van der Waals surface area contributed by atoms with Gasteiger partial charge in [0.1, 0.15) is 0 Å². The fourth-order valence-electron chi connectivity index (χ4n) is 2.99. The smallest absolute Gasteiger partial charge is 0.182 e. The van der Waals surface area contributed by atoms with E-state index in [9.17, 15) is 4.21 Å². The molecule has 3 aromatic carbocycles. The molecule has 0 aliphatic carbocycles. The second kappa shape index (κ2) is 7.86. The molecule has 134 valence electrons. The van der Waals surface area contributed by atoms with Crippen molar-refractivity contribution in [2.45, 2.75) is 5.75 Å². The molecule has 1 heterocycles. The summed E-state index contributed by atoms with van der Waals surface area (Å²) in [5, 5.41) is 0. The number of aromatic nitrogens is 2. The molecule has 1 atom stereocenters. The van der Waals surface area contributed by atoms with Gasteiger partial charge in [0.2, 0.25) is 0 Å². The van der Waals surface area contributed by atoms with Crippen molar-refractivity contribution in [1.82, 2.24) is 9.55 Å². The van der Waals surface area contributed by atoms with Gasteiger partial charge in [0.05, 0.1) is 32.5 Å². The lowest BCUT2D eigenvalue weighted by molar-refractivity contribution is 0.688. The van der Waals surface area contributed by atoms with E-state index in [2.05, 4.69) is 4.98 Å². The summed E-state index contributed by atoms with van der Waals surface area (Å²) in [5.74, 6) is 0.456. The van der Waals surface area contributed by atoms with E-state index in [1.165, 1.54) is 0 Å². The maximum absolute atomic E-state index is 13.3. The van der Waals surface area contributed by atoms with Crippen LogP contribution in [0.1, 0.15) is 11.1 Å². The van der Waals surface area contributed by atoms with Crippen LogP contribution in [0.25, 0.3) is 22.1 Å². The molecule has 4 aromatic rings. The summed E-state index contributed by atoms with van der Waals surface area (Å²) in [4.78, 5) is 3.96. The SMILES string of the molecule is O=[S@](Cc1ccccc1)/C(=C/n1c(=S)[nH]c2ccccc21)c1ccccc1. The molecule has 1 N–H and O–H groups in total. The van der Waals surface area contributed by atoms with Gasteiger partial charge in [-0.25, -0.2) is 0 Å². The quantitative estimate of drug-likeness (QED) is 0.450. The van der Waals surface area contributed by atoms with Crippen molar-refractivity contribution in [1.29, 1.82) is 0 Å². The van der Waals surface area contributed by atoms with Gasteiger partial charge in [-0.3, -0.25) is 8.78 Å². The highest BCUT2D eigenvalue weighted by atomic mass is 32.2. The Morgan fingerprint density at radius 1 is 0.926 bits per heavy atom. The average molecular weight is 391 g/mol. The van der Waals surface area contributed by atoms with E-state index in [1.54, 1.807) is 0 Å². The van der Waals surface area contributed by atoms with E-state index in [0.717, 1.165) is 27.1 Å². The van der Waals surface area contributed by atoms with Crippen LogP contribution in [0, 0.1) is 4.77 Å². The van der Waals surface area contributed by atoms with Gasteiger partial charge < -0.3 is 4.98 Å². The summed E-state index contributed by atoms with van der Waals surface area (Å²) < 4.78 is 15.8. The van der Waals surface area contributed by atoms with Crippen LogP contribution in [-0.2, 0) is 16.6 Å². The van der Waals surface area contributed by atoms with Gasteiger partial charge in [0.25, 0.3) is 0 Å². The van der Waals surface area contributed by atoms with Crippen molar-refractivity contribution in [3.8, 4) is 0 Å². The molecule has 0 bridgehead atoms. The van der Waals surface area contributed by atoms with Crippen LogP contribution in [0.4, 0.5) is 0 Å². The van der Waals surface area contributed by atoms with Crippen molar-refractivity contribution in [2.24, 2.45) is 0 Å². The highest BCUT2D eigenvalue weighted by molar-refractivity contribution is 7.94. The van der Waals surface area contributed by atoms with E-state index in [1.807, 2.05) is 95.7 Å². The van der Waals surface area contributed by atoms with E-state index in [-0.39, 0.29) is 0 Å². The molecule has 4 rings (SSSR count). The van der Waals surface area contributed by atoms with Gasteiger partial charge in [-0.05, 0) is 35.5 Å². The molecule has 3 nitrogen and oxygen atoms in total. The third-order valence-electron chi connectivity index (χ3n) is 4.31. The third-order valence-corrected chi connectivity index (χ3v) is 6.04. The van der Waals surface area contributed by atoms with Crippen LogP contribution in [0.5, 0.6) is 0 Å². The summed E-state index contributed by atoms with van der Waals surface area (Å²) in [6, 6.07) is 27.6. The predicted molar refractivity (Wildman–Crippen MR) is 116 cm³/mol. The lowest BCUT2D eigenvalue weighted by Gasteiger charge is -2.09. The van der Waals surface area contributed by atoms with E-state index < -0.39 is 10.8 Å². The summed E-state index contributed by atoms with van der Waals surface area (Å²) in [7, 11) is -1.22. The molecule has 0 fully saturated rings. The number of benzene rings is 3. The van der Waals surface area contributed by atoms with Gasteiger partial charge >= 0.3 is 0 Å². The fraction of sp³-hybridized carbons (Fsp3) is 0.0455. The minimum atomic E-state index is -1.22. The number of hydrogen-bond acceptors (Lipinski definition) is 2. The Labute approximate surface area is 165 Å². The van der Waals surface area contributed by atoms with Crippen molar-refractivity contribution in [3.63, 3.8) is 0 Å². The fourth-order valence-corrected chi connectivity index (χ4v) is 4.52. The Bertz CT molecular complexity index is 1180. The molecule has 0 aliphatic rings. The molecule has 0 spiro atoms. The van der Waals surface area contributed by atoms with Crippen molar-refractivity contribution in [3.05, 3.63) is 101 Å². The van der Waals surface area contributed by atoms with Crippen molar-refractivity contribution in [2.75, 3.05) is 0 Å². The van der Waals surface area contributed by atoms with E-state index >= 15 is 0 Å². The van der Waals surface area contributed by atoms with E-state index in [4.69, 9.17) is 12.2 Å². The highest BCUT2D eigenvalue weighted by Gasteiger charge is 2.13. The number of imidazole rings is 1. The van der Waals surface area contributed by atoms with Crippen LogP contribution in [0.2, 0.25) is 0 Å². The predicted octanol–water partition coefficient (Wildman–Crippen LogP) is 5.60. The van der Waals surface area contributed by atoms with Gasteiger partial charge in [0.15, 0.2) is 4.77 Å². The maximum atomic E-state index is 13.3. The first-order valence-corrected chi connectivity index (χ1v) is 10.3. The minimum Gasteiger partial charge on any atom is -0.330 e. The molecule has 0 saturated carbocycles. The van der Waals surface area contributed by atoms with Gasteiger partial charge in [-0.2, -0.15) is 0 Å². The molecule has 1 aromatic heterocycles. The second-order valence-electron chi connectivity index (χ2n) is 6.15. The molecule has 27 heavy (non-hydrogen) atoms. The zero-order valence-electron chi connectivity index (χ0n) is 14.5. The van der Waals surface area contributed by atoms with Crippen molar-refractivity contribution >= 4 is 45.2 Å². The topological polar surface area (TPSA) is 37.8 Å². The van der Waals surface area contributed by atoms with Crippen LogP contribution in [0.15, 0.2) is 84.9 Å². The molecule has 0 unspecified atom stereocenters. The number of hydrogen-bond donors (Lipinski definition) is 1. The molecular formula is C22H18N2OS2. The standard InChI is InChI=1S/C22H18N2OS2/c25-27(16-17-9-3-1-4-10-17)21(18-11-5-2-6-12-18)15-24-20-14-8-7-13-19(20)23-22(24)26/h1-15H,16H2,(H,23,26)/b21-15+/t27-/m1/s1. The summed E-state index contributed by atoms with van der Waals surface area (Å²) >= 11 is 5.50. The molecule has 0 saturated heterocycles. The molecular weight excluding hydrogens is 372 g/mol. The lowest BCUT2D eigenvalue weighted by Crippen LogP contribution is -2.01. The van der Waals surface area contributed by atoms with Crippen LogP contribution >= 0.6 is 12.2 Å². The summed E-state index contributed by atoms with van der Waals surface area (Å²) in [6.45, 7) is 0. The van der Waals surface area contributed by atoms with Gasteiger partial charge in [0, 0.05) is 6.20 Å². The summed E-state index contributed by atoms with van der Waals surface area (Å²) in [6.07, 6.45) is 1.90. The largest absolute Gasteiger partial charge is 0.330 e. The number of aromatic amines is 1. The Morgan fingerprint density at radius 2 is 1.56 bits per heavy atom. The Hall–Kier alpha value is -2.76. The van der Waals surface area contributed by atoms with Crippen molar-refractivity contribution < 1.29 is 4.21 Å². The zero-order valence-corrected chi connectivity index (χ0v) is 16.2. The monoisotopic (exact) mass is 390 g/mol. The Kier molecular flexibility index (Phi) is 5.14. The first-order chi connectivity index (χ1) is 13.2. The van der Waals surface area contributed by atoms with Crippen LogP contribution in [-0.4, -0.2) is 13.8 Å². The maximum Gasteiger partial charge on any atom is 0.182 e. The number of H-pyrrole nitrogens is 1. The number of nitrogens with zero attached hydrogens (tertiary/aromatic N) is 1. The first kappa shape index (κ1) is 17.6. The first-order valence-electron chi connectivity index (χ1n) is 8.61. The van der Waals surface area contributed by atoms with Crippen LogP contribution in [0.3, 0.4) is 0 Å². The zero-order chi connectivity index (χ0) is 18.6. The Balaban J connectivity index is 1.83. The number of nitrogens with one attached hydrogen (secondary N) is 1.